The number of nitrogens with one attached hydrogen (secondary N) is 3. The molecule has 8 nitrogen and oxygen atoms in total. The summed E-state index contributed by atoms with van der Waals surface area (Å²) < 4.78 is 11.5. The van der Waals surface area contributed by atoms with E-state index in [0.29, 0.717) is 70.2 Å². The minimum absolute atomic E-state index is 0.0836. The molecule has 1 aliphatic carbocycles. The van der Waals surface area contributed by atoms with Crippen molar-refractivity contribution in [1.29, 1.82) is 5.26 Å². The summed E-state index contributed by atoms with van der Waals surface area (Å²) in [6.07, 6.45) is 9.43. The zero-order valence-electron chi connectivity index (χ0n) is 22.8. The maximum atomic E-state index is 14.4. The van der Waals surface area contributed by atoms with Gasteiger partial charge in [0.1, 0.15) is 23.3 Å². The predicted octanol–water partition coefficient (Wildman–Crippen LogP) is 6.32. The molecule has 1 heterocycles. The third kappa shape index (κ3) is 7.31. The van der Waals surface area contributed by atoms with Gasteiger partial charge in [0.15, 0.2) is 5.78 Å². The van der Waals surface area contributed by atoms with Gasteiger partial charge in [0.05, 0.1) is 41.3 Å². The van der Waals surface area contributed by atoms with E-state index in [1.807, 2.05) is 12.1 Å². The first-order valence-corrected chi connectivity index (χ1v) is 14.2. The molecule has 2 aromatic carbocycles. The van der Waals surface area contributed by atoms with Gasteiger partial charge in [-0.3, -0.25) is 9.59 Å². The number of rotatable bonds is 11. The van der Waals surface area contributed by atoms with Crippen LogP contribution in [0.3, 0.4) is 0 Å². The Labute approximate surface area is 250 Å². The fraction of sp³-hybridized carbons (Fsp3) is 0.323. The van der Waals surface area contributed by atoms with Crippen molar-refractivity contribution < 1.29 is 19.1 Å². The lowest BCUT2D eigenvalue weighted by molar-refractivity contribution is 0.0768. The number of amides is 1. The van der Waals surface area contributed by atoms with Crippen molar-refractivity contribution in [2.24, 2.45) is 5.41 Å². The molecule has 1 fully saturated rings. The van der Waals surface area contributed by atoms with Crippen molar-refractivity contribution in [3.05, 3.63) is 93.5 Å². The summed E-state index contributed by atoms with van der Waals surface area (Å²) in [4.78, 5) is 27.2. The van der Waals surface area contributed by atoms with Crippen LogP contribution in [-0.4, -0.2) is 38.5 Å². The van der Waals surface area contributed by atoms with Crippen molar-refractivity contribution in [3.63, 3.8) is 0 Å². The highest BCUT2D eigenvalue weighted by molar-refractivity contribution is 6.34. The fourth-order valence-electron chi connectivity index (χ4n) is 5.13. The molecule has 2 aromatic rings. The van der Waals surface area contributed by atoms with Gasteiger partial charge in [0, 0.05) is 30.1 Å². The van der Waals surface area contributed by atoms with Gasteiger partial charge in [-0.1, -0.05) is 54.6 Å². The van der Waals surface area contributed by atoms with Crippen LogP contribution in [0.5, 0.6) is 5.75 Å². The number of nitrogens with zero attached hydrogens (tertiary/aromatic N) is 1. The van der Waals surface area contributed by atoms with Crippen LogP contribution in [0.1, 0.15) is 52.8 Å². The lowest BCUT2D eigenvalue weighted by Crippen LogP contribution is -2.40. The van der Waals surface area contributed by atoms with E-state index in [9.17, 15) is 9.59 Å². The fourth-order valence-corrected chi connectivity index (χ4v) is 5.56. The molecule has 1 saturated carbocycles. The van der Waals surface area contributed by atoms with Gasteiger partial charge >= 0.3 is 0 Å². The lowest BCUT2D eigenvalue weighted by atomic mass is 9.67. The van der Waals surface area contributed by atoms with Crippen LogP contribution in [-0.2, 0) is 4.74 Å². The topological polar surface area (TPSA) is 112 Å². The monoisotopic (exact) mass is 594 g/mol. The molecule has 2 aliphatic rings. The second kappa shape index (κ2) is 14.2. The minimum atomic E-state index is -0.845. The summed E-state index contributed by atoms with van der Waals surface area (Å²) in [6.45, 7) is 1.11. The van der Waals surface area contributed by atoms with E-state index in [1.165, 1.54) is 7.11 Å². The van der Waals surface area contributed by atoms with Gasteiger partial charge in [0.2, 0.25) is 0 Å². The normalized spacial score (nSPS) is 16.1. The SMILES string of the molecule is COc1cc(NC(=O)c2ccccc2Cl)ccc1C(=O)C1(C2=CC=C(OCCNCC#N)C=C(Cl)N2)CCCCC1. The summed E-state index contributed by atoms with van der Waals surface area (Å²) in [7, 11) is 1.50. The molecule has 41 heavy (non-hydrogen) atoms. The first kappa shape index (κ1) is 30.2. The average Bonchev–Trinajstić information content (AvgIpc) is 3.18. The molecule has 0 bridgehead atoms. The standard InChI is InChI=1S/C31H32Cl2N4O4/c1-40-26-19-21(36-30(39)23-7-3-4-8-25(23)32)9-11-24(26)29(38)31(13-5-2-6-14-31)27-12-10-22(20-28(33)37-27)41-18-17-35-16-15-34/h3-4,7-12,19-20,35,37H,2,5-6,13-14,16-18H2,1H3,(H,36,39). The summed E-state index contributed by atoms with van der Waals surface area (Å²) >= 11 is 12.7. The van der Waals surface area contributed by atoms with Crippen molar-refractivity contribution in [2.75, 3.05) is 32.1 Å². The number of carbonyl (C=O) groups excluding carboxylic acids is 2. The Bertz CT molecular complexity index is 1420. The first-order chi connectivity index (χ1) is 19.9. The smallest absolute Gasteiger partial charge is 0.257 e. The Hall–Kier alpha value is -3.77. The molecular formula is C31H32Cl2N4O4. The highest BCUT2D eigenvalue weighted by atomic mass is 35.5. The number of ketones is 1. The van der Waals surface area contributed by atoms with Gasteiger partial charge in [-0.2, -0.15) is 5.26 Å². The molecule has 0 aromatic heterocycles. The van der Waals surface area contributed by atoms with Gasteiger partial charge in [-0.15, -0.1) is 0 Å². The van der Waals surface area contributed by atoms with Crippen molar-refractivity contribution >= 4 is 40.6 Å². The number of Topliss-reactive ketones (excluding diaryl/α,β-unsaturated/α-hetero) is 1. The molecule has 3 N–H and O–H groups in total. The van der Waals surface area contributed by atoms with Gasteiger partial charge in [-0.25, -0.2) is 0 Å². The molecule has 0 unspecified atom stereocenters. The van der Waals surface area contributed by atoms with Gasteiger partial charge in [0.25, 0.3) is 5.91 Å². The van der Waals surface area contributed by atoms with Crippen molar-refractivity contribution in [1.82, 2.24) is 10.6 Å². The number of carbonyl (C=O) groups is 2. The minimum Gasteiger partial charge on any atom is -0.496 e. The highest BCUT2D eigenvalue weighted by Crippen LogP contribution is 2.46. The van der Waals surface area contributed by atoms with Crippen LogP contribution in [0.25, 0.3) is 0 Å². The van der Waals surface area contributed by atoms with Crippen LogP contribution in [0, 0.1) is 16.7 Å². The summed E-state index contributed by atoms with van der Waals surface area (Å²) in [5.41, 5.74) is 1.10. The summed E-state index contributed by atoms with van der Waals surface area (Å²) in [5.74, 6) is 0.461. The van der Waals surface area contributed by atoms with Crippen molar-refractivity contribution in [2.45, 2.75) is 32.1 Å². The average molecular weight is 596 g/mol. The van der Waals surface area contributed by atoms with E-state index in [4.69, 9.17) is 37.9 Å². The third-order valence-electron chi connectivity index (χ3n) is 7.17. The Morgan fingerprint density at radius 3 is 2.59 bits per heavy atom. The van der Waals surface area contributed by atoms with Gasteiger partial charge < -0.3 is 25.4 Å². The summed E-state index contributed by atoms with van der Waals surface area (Å²) in [6, 6.07) is 13.8. The van der Waals surface area contributed by atoms with Crippen molar-refractivity contribution in [3.8, 4) is 11.8 Å². The van der Waals surface area contributed by atoms with E-state index in [0.717, 1.165) is 19.3 Å². The van der Waals surface area contributed by atoms with Gasteiger partial charge in [-0.05, 0) is 49.3 Å². The zero-order valence-corrected chi connectivity index (χ0v) is 24.3. The molecule has 0 spiro atoms. The molecule has 4 rings (SSSR count). The number of methoxy groups -OCH3 is 1. The Balaban J connectivity index is 1.60. The molecule has 10 heteroatoms. The highest BCUT2D eigenvalue weighted by Gasteiger charge is 2.44. The molecule has 0 saturated heterocycles. The van der Waals surface area contributed by atoms with Crippen LogP contribution in [0.4, 0.5) is 5.69 Å². The van der Waals surface area contributed by atoms with E-state index < -0.39 is 5.41 Å². The molecule has 0 atom stereocenters. The van der Waals surface area contributed by atoms with E-state index >= 15 is 0 Å². The van der Waals surface area contributed by atoms with E-state index in [-0.39, 0.29) is 18.2 Å². The maximum Gasteiger partial charge on any atom is 0.257 e. The zero-order chi connectivity index (χ0) is 29.2. The maximum absolute atomic E-state index is 14.4. The van der Waals surface area contributed by atoms with Crippen LogP contribution < -0.4 is 20.7 Å². The van der Waals surface area contributed by atoms with E-state index in [1.54, 1.807) is 54.6 Å². The van der Waals surface area contributed by atoms with Crippen LogP contribution in [0.15, 0.2) is 77.3 Å². The predicted molar refractivity (Wildman–Crippen MR) is 160 cm³/mol. The quantitative estimate of drug-likeness (QED) is 0.121. The number of halogens is 2. The number of hydrogen-bond donors (Lipinski definition) is 3. The third-order valence-corrected chi connectivity index (χ3v) is 7.70. The molecule has 1 aliphatic heterocycles. The number of ether oxygens (including phenoxy) is 2. The lowest BCUT2D eigenvalue weighted by Gasteiger charge is -2.38. The largest absolute Gasteiger partial charge is 0.496 e. The Kier molecular flexibility index (Phi) is 10.5. The van der Waals surface area contributed by atoms with E-state index in [2.05, 4.69) is 16.0 Å². The first-order valence-electron chi connectivity index (χ1n) is 13.4. The Morgan fingerprint density at radius 1 is 1.07 bits per heavy atom. The number of benzene rings is 2. The Morgan fingerprint density at radius 2 is 1.85 bits per heavy atom. The van der Waals surface area contributed by atoms with Crippen LogP contribution in [0.2, 0.25) is 5.02 Å². The molecule has 0 radical (unpaired) electrons. The second-order valence-corrected chi connectivity index (χ2v) is 10.6. The number of anilines is 1. The number of nitriles is 1. The molecule has 214 valence electrons. The van der Waals surface area contributed by atoms with Crippen LogP contribution >= 0.6 is 23.2 Å². The summed E-state index contributed by atoms with van der Waals surface area (Å²) in [5, 5.41) is 18.4. The number of hydrogen-bond acceptors (Lipinski definition) is 7. The molecule has 1 amide bonds. The second-order valence-electron chi connectivity index (χ2n) is 9.77. The molecular weight excluding hydrogens is 563 g/mol. The number of allylic oxidation sites excluding steroid dienone is 4.